The molecule has 0 radical (unpaired) electrons. The van der Waals surface area contributed by atoms with Gasteiger partial charge >= 0.3 is 0 Å². The van der Waals surface area contributed by atoms with Gasteiger partial charge in [-0.1, -0.05) is 12.1 Å². The highest BCUT2D eigenvalue weighted by Crippen LogP contribution is 2.43. The van der Waals surface area contributed by atoms with E-state index in [4.69, 9.17) is 4.74 Å². The number of carbonyl (C=O) groups is 1. The third kappa shape index (κ3) is 2.89. The van der Waals surface area contributed by atoms with Crippen LogP contribution in [0.3, 0.4) is 0 Å². The highest BCUT2D eigenvalue weighted by molar-refractivity contribution is 7.10. The topological polar surface area (TPSA) is 58.2 Å². The van der Waals surface area contributed by atoms with Gasteiger partial charge in [0.15, 0.2) is 0 Å². The van der Waals surface area contributed by atoms with Crippen molar-refractivity contribution in [1.82, 2.24) is 15.1 Å². The van der Waals surface area contributed by atoms with Gasteiger partial charge in [-0.05, 0) is 47.5 Å². The molecule has 27 heavy (non-hydrogen) atoms. The van der Waals surface area contributed by atoms with Gasteiger partial charge in [-0.25, -0.2) is 0 Å². The number of carbonyl (C=O) groups excluding carboxylic acids is 1. The summed E-state index contributed by atoms with van der Waals surface area (Å²) in [5.74, 6) is 0.0940. The summed E-state index contributed by atoms with van der Waals surface area (Å²) >= 11 is 1.83. The van der Waals surface area contributed by atoms with Gasteiger partial charge in [0.25, 0.3) is 5.91 Å². The van der Waals surface area contributed by atoms with E-state index < -0.39 is 0 Å². The highest BCUT2D eigenvalue weighted by atomic mass is 32.1. The SMILES string of the molecule is O=C(c1cccc(-c2cn[nH]c2)c1)N1CCC2(CC1)OCCc1sccc12. The number of nitrogens with one attached hydrogen (secondary N) is 1. The second-order valence-electron chi connectivity index (χ2n) is 7.21. The lowest BCUT2D eigenvalue weighted by atomic mass is 9.82. The molecule has 2 aromatic heterocycles. The minimum Gasteiger partial charge on any atom is -0.370 e. The number of piperidine rings is 1. The third-order valence-electron chi connectivity index (χ3n) is 5.74. The summed E-state index contributed by atoms with van der Waals surface area (Å²) in [6.45, 7) is 2.24. The number of nitrogens with zero attached hydrogens (tertiary/aromatic N) is 2. The van der Waals surface area contributed by atoms with E-state index >= 15 is 0 Å². The number of aromatic nitrogens is 2. The molecule has 1 N–H and O–H groups in total. The predicted molar refractivity (Wildman–Crippen MR) is 105 cm³/mol. The number of likely N-dealkylation sites (tertiary alicyclic amines) is 1. The summed E-state index contributed by atoms with van der Waals surface area (Å²) in [6.07, 6.45) is 6.35. The molecule has 4 heterocycles. The molecule has 0 aliphatic carbocycles. The summed E-state index contributed by atoms with van der Waals surface area (Å²) in [4.78, 5) is 16.5. The van der Waals surface area contributed by atoms with Crippen molar-refractivity contribution in [3.8, 4) is 11.1 Å². The maximum atomic E-state index is 13.1. The first-order chi connectivity index (χ1) is 13.3. The largest absolute Gasteiger partial charge is 0.370 e. The van der Waals surface area contributed by atoms with Crippen molar-refractivity contribution >= 4 is 17.2 Å². The molecule has 0 bridgehead atoms. The van der Waals surface area contributed by atoms with Crippen molar-refractivity contribution in [3.05, 3.63) is 64.1 Å². The van der Waals surface area contributed by atoms with Crippen LogP contribution in [0.25, 0.3) is 11.1 Å². The first kappa shape index (κ1) is 16.7. The van der Waals surface area contributed by atoms with Crippen molar-refractivity contribution in [2.45, 2.75) is 24.9 Å². The van der Waals surface area contributed by atoms with E-state index in [0.29, 0.717) is 0 Å². The lowest BCUT2D eigenvalue weighted by molar-refractivity contribution is -0.0926. The molecule has 3 aromatic rings. The maximum absolute atomic E-state index is 13.1. The van der Waals surface area contributed by atoms with Crippen LogP contribution in [-0.2, 0) is 16.8 Å². The zero-order valence-corrected chi connectivity index (χ0v) is 15.8. The van der Waals surface area contributed by atoms with Gasteiger partial charge in [-0.3, -0.25) is 9.89 Å². The van der Waals surface area contributed by atoms with Crippen LogP contribution in [0.5, 0.6) is 0 Å². The van der Waals surface area contributed by atoms with Gasteiger partial charge in [-0.2, -0.15) is 5.10 Å². The first-order valence-electron chi connectivity index (χ1n) is 9.34. The number of fused-ring (bicyclic) bond motifs is 2. The van der Waals surface area contributed by atoms with E-state index in [1.165, 1.54) is 10.4 Å². The molecule has 138 valence electrons. The molecule has 1 amide bonds. The zero-order chi connectivity index (χ0) is 18.3. The van der Waals surface area contributed by atoms with Crippen molar-refractivity contribution in [1.29, 1.82) is 0 Å². The Hall–Kier alpha value is -2.44. The molecule has 1 spiro atoms. The second kappa shape index (κ2) is 6.62. The standard InChI is InChI=1S/C21H21N3O2S/c25-20(16-3-1-2-15(12-16)17-13-22-23-14-17)24-8-6-21(7-9-24)18-5-11-27-19(18)4-10-26-21/h1-3,5,11-14H,4,6-10H2,(H,22,23). The van der Waals surface area contributed by atoms with E-state index in [1.807, 2.05) is 46.7 Å². The predicted octanol–water partition coefficient (Wildman–Crippen LogP) is 3.84. The van der Waals surface area contributed by atoms with Gasteiger partial charge < -0.3 is 9.64 Å². The number of thiophene rings is 1. The number of H-pyrrole nitrogens is 1. The van der Waals surface area contributed by atoms with Crippen LogP contribution in [0.1, 0.15) is 33.6 Å². The fourth-order valence-corrected chi connectivity index (χ4v) is 5.22. The lowest BCUT2D eigenvalue weighted by Crippen LogP contribution is -2.48. The Labute approximate surface area is 162 Å². The van der Waals surface area contributed by atoms with E-state index in [9.17, 15) is 4.79 Å². The Morgan fingerprint density at radius 3 is 2.93 bits per heavy atom. The number of hydrogen-bond donors (Lipinski definition) is 1. The summed E-state index contributed by atoms with van der Waals surface area (Å²) in [5.41, 5.74) is 3.88. The van der Waals surface area contributed by atoms with Crippen molar-refractivity contribution in [2.24, 2.45) is 0 Å². The number of hydrogen-bond acceptors (Lipinski definition) is 4. The second-order valence-corrected chi connectivity index (χ2v) is 8.21. The molecule has 0 saturated carbocycles. The molecule has 1 aromatic carbocycles. The number of aromatic amines is 1. The van der Waals surface area contributed by atoms with E-state index in [2.05, 4.69) is 21.6 Å². The van der Waals surface area contributed by atoms with Crippen LogP contribution in [0.15, 0.2) is 48.1 Å². The monoisotopic (exact) mass is 379 g/mol. The van der Waals surface area contributed by atoms with Crippen LogP contribution < -0.4 is 0 Å². The Kier molecular flexibility index (Phi) is 4.10. The minimum absolute atomic E-state index is 0.0940. The van der Waals surface area contributed by atoms with Crippen LogP contribution in [0, 0.1) is 0 Å². The average Bonchev–Trinajstić information content (AvgIpc) is 3.41. The third-order valence-corrected chi connectivity index (χ3v) is 6.72. The van der Waals surface area contributed by atoms with Gasteiger partial charge in [-0.15, -0.1) is 11.3 Å². The molecule has 0 atom stereocenters. The van der Waals surface area contributed by atoms with Crippen molar-refractivity contribution < 1.29 is 9.53 Å². The van der Waals surface area contributed by atoms with Crippen LogP contribution in [0.4, 0.5) is 0 Å². The molecule has 1 fully saturated rings. The summed E-state index contributed by atoms with van der Waals surface area (Å²) < 4.78 is 6.25. The van der Waals surface area contributed by atoms with Crippen LogP contribution in [0.2, 0.25) is 0 Å². The summed E-state index contributed by atoms with van der Waals surface area (Å²) in [5, 5.41) is 8.98. The normalized spacial score (nSPS) is 18.4. The van der Waals surface area contributed by atoms with Gasteiger partial charge in [0.2, 0.25) is 0 Å². The van der Waals surface area contributed by atoms with Crippen molar-refractivity contribution in [3.63, 3.8) is 0 Å². The quantitative estimate of drug-likeness (QED) is 0.736. The lowest BCUT2D eigenvalue weighted by Gasteiger charge is -2.44. The molecule has 5 nitrogen and oxygen atoms in total. The number of rotatable bonds is 2. The molecule has 2 aliphatic rings. The fraction of sp³-hybridized carbons (Fsp3) is 0.333. The van der Waals surface area contributed by atoms with E-state index in [-0.39, 0.29) is 11.5 Å². The van der Waals surface area contributed by atoms with Crippen molar-refractivity contribution in [2.75, 3.05) is 19.7 Å². The molecule has 6 heteroatoms. The molecule has 1 saturated heterocycles. The fourth-order valence-electron chi connectivity index (χ4n) is 4.26. The highest BCUT2D eigenvalue weighted by Gasteiger charge is 2.42. The zero-order valence-electron chi connectivity index (χ0n) is 15.0. The van der Waals surface area contributed by atoms with E-state index in [0.717, 1.165) is 55.6 Å². The van der Waals surface area contributed by atoms with Gasteiger partial charge in [0.1, 0.15) is 0 Å². The Balaban J connectivity index is 1.33. The number of amides is 1. The Morgan fingerprint density at radius 2 is 2.11 bits per heavy atom. The first-order valence-corrected chi connectivity index (χ1v) is 10.2. The molecule has 5 rings (SSSR count). The molecular formula is C21H21N3O2S. The van der Waals surface area contributed by atoms with Gasteiger partial charge in [0, 0.05) is 41.7 Å². The van der Waals surface area contributed by atoms with Crippen LogP contribution in [-0.4, -0.2) is 40.7 Å². The van der Waals surface area contributed by atoms with E-state index in [1.54, 1.807) is 6.20 Å². The minimum atomic E-state index is -0.191. The number of ether oxygens (including phenoxy) is 1. The smallest absolute Gasteiger partial charge is 0.253 e. The molecule has 0 unspecified atom stereocenters. The van der Waals surface area contributed by atoms with Gasteiger partial charge in [0.05, 0.1) is 18.4 Å². The maximum Gasteiger partial charge on any atom is 0.253 e. The molecule has 2 aliphatic heterocycles. The van der Waals surface area contributed by atoms with Crippen LogP contribution >= 0.6 is 11.3 Å². The Morgan fingerprint density at radius 1 is 1.22 bits per heavy atom. The summed E-state index contributed by atoms with van der Waals surface area (Å²) in [7, 11) is 0. The molecular weight excluding hydrogens is 358 g/mol. The Bertz CT molecular complexity index is 955. The number of benzene rings is 1. The summed E-state index contributed by atoms with van der Waals surface area (Å²) in [6, 6.07) is 9.99. The average molecular weight is 379 g/mol.